The number of hydrogen-bond donors (Lipinski definition) is 1. The quantitative estimate of drug-likeness (QED) is 0.811. The minimum atomic E-state index is -0.734. The molecular formula is C18H16FNO5. The fourth-order valence-corrected chi connectivity index (χ4v) is 1.96. The van der Waals surface area contributed by atoms with Crippen LogP contribution in [0.25, 0.3) is 0 Å². The number of esters is 2. The molecule has 7 heteroatoms. The average molecular weight is 345 g/mol. The van der Waals surface area contributed by atoms with Crippen LogP contribution in [0.4, 0.5) is 4.39 Å². The molecule has 0 spiro atoms. The summed E-state index contributed by atoms with van der Waals surface area (Å²) in [6.45, 7) is -0.281. The molecule has 0 aromatic heterocycles. The van der Waals surface area contributed by atoms with Crippen molar-refractivity contribution < 1.29 is 28.2 Å². The predicted octanol–water partition coefficient (Wildman–Crippen LogP) is 2.09. The van der Waals surface area contributed by atoms with Crippen molar-refractivity contribution in [2.75, 3.05) is 13.7 Å². The van der Waals surface area contributed by atoms with Gasteiger partial charge in [0.15, 0.2) is 6.61 Å². The minimum absolute atomic E-state index is 0.134. The number of methoxy groups -OCH3 is 1. The largest absolute Gasteiger partial charge is 0.465 e. The number of carbonyl (C=O) groups excluding carboxylic acids is 3. The molecule has 0 saturated heterocycles. The first-order valence-electron chi connectivity index (χ1n) is 7.36. The zero-order chi connectivity index (χ0) is 18.2. The van der Waals surface area contributed by atoms with Crippen molar-refractivity contribution in [3.8, 4) is 0 Å². The Labute approximate surface area is 143 Å². The van der Waals surface area contributed by atoms with Crippen LogP contribution < -0.4 is 5.32 Å². The van der Waals surface area contributed by atoms with Crippen LogP contribution in [-0.4, -0.2) is 31.6 Å². The molecule has 2 aromatic rings. The molecule has 0 aliphatic carbocycles. The van der Waals surface area contributed by atoms with Gasteiger partial charge in [0.25, 0.3) is 5.91 Å². The number of hydrogen-bond acceptors (Lipinski definition) is 5. The standard InChI is InChI=1S/C18H16FNO5/c1-24-17(22)13-3-2-4-14(9-13)18(23)25-11-16(21)20-10-12-5-7-15(19)8-6-12/h2-9H,10-11H2,1H3,(H,20,21). The van der Waals surface area contributed by atoms with Gasteiger partial charge < -0.3 is 14.8 Å². The third-order valence-corrected chi connectivity index (χ3v) is 3.26. The first-order valence-corrected chi connectivity index (χ1v) is 7.36. The van der Waals surface area contributed by atoms with E-state index in [1.54, 1.807) is 12.1 Å². The summed E-state index contributed by atoms with van der Waals surface area (Å²) >= 11 is 0. The van der Waals surface area contributed by atoms with Crippen molar-refractivity contribution in [3.05, 3.63) is 71.0 Å². The molecular weight excluding hydrogens is 329 g/mol. The molecule has 0 saturated carbocycles. The van der Waals surface area contributed by atoms with Crippen LogP contribution in [0.2, 0.25) is 0 Å². The fourth-order valence-electron chi connectivity index (χ4n) is 1.96. The molecule has 0 aliphatic heterocycles. The van der Waals surface area contributed by atoms with Gasteiger partial charge in [0.1, 0.15) is 5.82 Å². The Kier molecular flexibility index (Phi) is 6.22. The highest BCUT2D eigenvalue weighted by atomic mass is 19.1. The summed E-state index contributed by atoms with van der Waals surface area (Å²) in [5.41, 5.74) is 1.05. The van der Waals surface area contributed by atoms with Crippen molar-refractivity contribution in [2.24, 2.45) is 0 Å². The summed E-state index contributed by atoms with van der Waals surface area (Å²) in [4.78, 5) is 35.1. The van der Waals surface area contributed by atoms with Crippen LogP contribution in [0.5, 0.6) is 0 Å². The molecule has 0 atom stereocenters. The van der Waals surface area contributed by atoms with Crippen molar-refractivity contribution in [1.82, 2.24) is 5.32 Å². The number of benzene rings is 2. The zero-order valence-electron chi connectivity index (χ0n) is 13.5. The zero-order valence-corrected chi connectivity index (χ0v) is 13.5. The van der Waals surface area contributed by atoms with Crippen LogP contribution in [0.15, 0.2) is 48.5 Å². The molecule has 6 nitrogen and oxygen atoms in total. The van der Waals surface area contributed by atoms with Crippen LogP contribution in [0, 0.1) is 5.82 Å². The van der Waals surface area contributed by atoms with Gasteiger partial charge in [-0.2, -0.15) is 0 Å². The third kappa shape index (κ3) is 5.42. The van der Waals surface area contributed by atoms with Crippen LogP contribution in [0.3, 0.4) is 0 Å². The van der Waals surface area contributed by atoms with Gasteiger partial charge in [0, 0.05) is 6.54 Å². The van der Waals surface area contributed by atoms with E-state index in [1.807, 2.05) is 0 Å². The maximum absolute atomic E-state index is 12.8. The van der Waals surface area contributed by atoms with E-state index in [2.05, 4.69) is 10.1 Å². The first kappa shape index (κ1) is 18.1. The molecule has 130 valence electrons. The van der Waals surface area contributed by atoms with Gasteiger partial charge in [-0.25, -0.2) is 14.0 Å². The van der Waals surface area contributed by atoms with Gasteiger partial charge in [-0.05, 0) is 35.9 Å². The van der Waals surface area contributed by atoms with Crippen molar-refractivity contribution in [1.29, 1.82) is 0 Å². The van der Waals surface area contributed by atoms with Crippen LogP contribution >= 0.6 is 0 Å². The van der Waals surface area contributed by atoms with E-state index in [4.69, 9.17) is 4.74 Å². The van der Waals surface area contributed by atoms with E-state index < -0.39 is 24.5 Å². The van der Waals surface area contributed by atoms with Gasteiger partial charge >= 0.3 is 11.9 Å². The molecule has 1 amide bonds. The number of rotatable bonds is 6. The fraction of sp³-hybridized carbons (Fsp3) is 0.167. The number of amides is 1. The molecule has 1 N–H and O–H groups in total. The normalized spacial score (nSPS) is 10.0. The SMILES string of the molecule is COC(=O)c1cccc(C(=O)OCC(=O)NCc2ccc(F)cc2)c1. The predicted molar refractivity (Wildman–Crippen MR) is 86.3 cm³/mol. The molecule has 0 aliphatic rings. The molecule has 25 heavy (non-hydrogen) atoms. The lowest BCUT2D eigenvalue weighted by molar-refractivity contribution is -0.124. The molecule has 0 unspecified atom stereocenters. The summed E-state index contributed by atoms with van der Waals surface area (Å²) in [6.07, 6.45) is 0. The maximum atomic E-state index is 12.8. The Morgan fingerprint density at radius 2 is 1.64 bits per heavy atom. The monoisotopic (exact) mass is 345 g/mol. The van der Waals surface area contributed by atoms with Crippen molar-refractivity contribution in [2.45, 2.75) is 6.54 Å². The molecule has 0 fully saturated rings. The van der Waals surface area contributed by atoms with E-state index in [9.17, 15) is 18.8 Å². The van der Waals surface area contributed by atoms with E-state index in [0.717, 1.165) is 0 Å². The van der Waals surface area contributed by atoms with Gasteiger partial charge in [-0.15, -0.1) is 0 Å². The second-order valence-corrected chi connectivity index (χ2v) is 5.05. The van der Waals surface area contributed by atoms with E-state index in [0.29, 0.717) is 5.56 Å². The van der Waals surface area contributed by atoms with E-state index in [1.165, 1.54) is 43.5 Å². The minimum Gasteiger partial charge on any atom is -0.465 e. The summed E-state index contributed by atoms with van der Waals surface area (Å²) < 4.78 is 22.3. The molecule has 2 rings (SSSR count). The number of ether oxygens (including phenoxy) is 2. The van der Waals surface area contributed by atoms with Crippen molar-refractivity contribution in [3.63, 3.8) is 0 Å². The lowest BCUT2D eigenvalue weighted by Gasteiger charge is -2.07. The lowest BCUT2D eigenvalue weighted by Crippen LogP contribution is -2.28. The maximum Gasteiger partial charge on any atom is 0.338 e. The summed E-state index contributed by atoms with van der Waals surface area (Å²) in [5, 5.41) is 2.55. The Bertz CT molecular complexity index is 773. The second kappa shape index (κ2) is 8.58. The van der Waals surface area contributed by atoms with Crippen molar-refractivity contribution >= 4 is 17.8 Å². The van der Waals surface area contributed by atoms with Gasteiger partial charge in [-0.3, -0.25) is 4.79 Å². The molecule has 0 radical (unpaired) electrons. The third-order valence-electron chi connectivity index (χ3n) is 3.26. The number of halogens is 1. The summed E-state index contributed by atoms with van der Waals surface area (Å²) in [7, 11) is 1.23. The number of nitrogens with one attached hydrogen (secondary N) is 1. The highest BCUT2D eigenvalue weighted by Crippen LogP contribution is 2.08. The average Bonchev–Trinajstić information content (AvgIpc) is 2.65. The van der Waals surface area contributed by atoms with E-state index >= 15 is 0 Å². The molecule has 0 heterocycles. The molecule has 2 aromatic carbocycles. The highest BCUT2D eigenvalue weighted by molar-refractivity contribution is 5.95. The Balaban J connectivity index is 1.83. The number of carbonyl (C=O) groups is 3. The van der Waals surface area contributed by atoms with Gasteiger partial charge in [-0.1, -0.05) is 18.2 Å². The molecule has 0 bridgehead atoms. The highest BCUT2D eigenvalue weighted by Gasteiger charge is 2.13. The van der Waals surface area contributed by atoms with Crippen LogP contribution in [-0.2, 0) is 20.8 Å². The summed E-state index contributed by atoms with van der Waals surface area (Å²) in [5.74, 6) is -2.17. The topological polar surface area (TPSA) is 81.7 Å². The first-order chi connectivity index (χ1) is 12.0. The van der Waals surface area contributed by atoms with Crippen LogP contribution in [0.1, 0.15) is 26.3 Å². The Morgan fingerprint density at radius 3 is 2.28 bits per heavy atom. The Hall–Kier alpha value is -3.22. The summed E-state index contributed by atoms with van der Waals surface area (Å²) in [6, 6.07) is 11.5. The lowest BCUT2D eigenvalue weighted by atomic mass is 10.1. The van der Waals surface area contributed by atoms with E-state index in [-0.39, 0.29) is 23.5 Å². The van der Waals surface area contributed by atoms with Gasteiger partial charge in [0.2, 0.25) is 0 Å². The Morgan fingerprint density at radius 1 is 1.00 bits per heavy atom. The second-order valence-electron chi connectivity index (χ2n) is 5.05. The van der Waals surface area contributed by atoms with Gasteiger partial charge in [0.05, 0.1) is 18.2 Å². The smallest absolute Gasteiger partial charge is 0.338 e.